The Hall–Kier alpha value is -2.25. The lowest BCUT2D eigenvalue weighted by molar-refractivity contribution is 0.413. The number of aromatic nitrogens is 1. The van der Waals surface area contributed by atoms with Gasteiger partial charge in [-0.25, -0.2) is 0 Å². The van der Waals surface area contributed by atoms with Crippen LogP contribution in [0.25, 0.3) is 10.9 Å². The minimum atomic E-state index is 0.557. The fourth-order valence-corrected chi connectivity index (χ4v) is 2.77. The standard InChI is InChI=1S/C17H13BrN2O/c1-21-17-8-12(2-3-14(17)10-19)11-20-7-6-13-4-5-15(18)9-16(13)20/h2-9H,11H2,1H3. The van der Waals surface area contributed by atoms with Crippen LogP contribution in [-0.4, -0.2) is 11.7 Å². The highest BCUT2D eigenvalue weighted by atomic mass is 79.9. The molecule has 104 valence electrons. The second-order valence-electron chi connectivity index (χ2n) is 4.79. The van der Waals surface area contributed by atoms with Crippen LogP contribution < -0.4 is 4.74 Å². The Morgan fingerprint density at radius 1 is 1.19 bits per heavy atom. The van der Waals surface area contributed by atoms with Crippen LogP contribution in [0.5, 0.6) is 5.75 Å². The summed E-state index contributed by atoms with van der Waals surface area (Å²) < 4.78 is 8.51. The maximum Gasteiger partial charge on any atom is 0.136 e. The predicted molar refractivity (Wildman–Crippen MR) is 86.4 cm³/mol. The SMILES string of the molecule is COc1cc(Cn2ccc3ccc(Br)cc32)ccc1C#N. The van der Waals surface area contributed by atoms with E-state index in [1.807, 2.05) is 18.2 Å². The lowest BCUT2D eigenvalue weighted by Crippen LogP contribution is -1.99. The first kappa shape index (κ1) is 13.7. The maximum atomic E-state index is 9.03. The third-order valence-corrected chi connectivity index (χ3v) is 3.97. The normalized spacial score (nSPS) is 10.5. The Morgan fingerprint density at radius 2 is 2.05 bits per heavy atom. The third-order valence-electron chi connectivity index (χ3n) is 3.48. The molecule has 0 unspecified atom stereocenters. The summed E-state index contributed by atoms with van der Waals surface area (Å²) in [5.41, 5.74) is 2.83. The Morgan fingerprint density at radius 3 is 2.81 bits per heavy atom. The molecule has 0 aliphatic heterocycles. The largest absolute Gasteiger partial charge is 0.495 e. The number of ether oxygens (including phenoxy) is 1. The zero-order valence-electron chi connectivity index (χ0n) is 11.5. The molecule has 1 aromatic heterocycles. The molecule has 0 atom stereocenters. The van der Waals surface area contributed by atoms with Gasteiger partial charge in [-0.2, -0.15) is 5.26 Å². The Bertz CT molecular complexity index is 846. The molecular weight excluding hydrogens is 328 g/mol. The second-order valence-corrected chi connectivity index (χ2v) is 5.71. The van der Waals surface area contributed by atoms with E-state index in [4.69, 9.17) is 10.00 Å². The van der Waals surface area contributed by atoms with Crippen molar-refractivity contribution in [2.24, 2.45) is 0 Å². The Labute approximate surface area is 131 Å². The number of halogens is 1. The van der Waals surface area contributed by atoms with Gasteiger partial charge in [0.2, 0.25) is 0 Å². The molecule has 21 heavy (non-hydrogen) atoms. The van der Waals surface area contributed by atoms with Gasteiger partial charge in [0, 0.05) is 22.7 Å². The average molecular weight is 341 g/mol. The summed E-state index contributed by atoms with van der Waals surface area (Å²) in [5.74, 6) is 0.618. The van der Waals surface area contributed by atoms with E-state index in [-0.39, 0.29) is 0 Å². The number of nitrogens with zero attached hydrogens (tertiary/aromatic N) is 2. The summed E-state index contributed by atoms with van der Waals surface area (Å²) in [5, 5.41) is 10.2. The Balaban J connectivity index is 1.99. The molecule has 0 saturated carbocycles. The molecule has 0 fully saturated rings. The summed E-state index contributed by atoms with van der Waals surface area (Å²) >= 11 is 3.51. The van der Waals surface area contributed by atoms with Gasteiger partial charge in [-0.3, -0.25) is 0 Å². The molecule has 0 amide bonds. The van der Waals surface area contributed by atoms with Crippen molar-refractivity contribution in [3.8, 4) is 11.8 Å². The number of nitriles is 1. The smallest absolute Gasteiger partial charge is 0.136 e. The summed E-state index contributed by atoms with van der Waals surface area (Å²) in [7, 11) is 1.59. The third kappa shape index (κ3) is 2.65. The van der Waals surface area contributed by atoms with Crippen molar-refractivity contribution < 1.29 is 4.74 Å². The number of rotatable bonds is 3. The maximum absolute atomic E-state index is 9.03. The molecule has 0 bridgehead atoms. The summed E-state index contributed by atoms with van der Waals surface area (Å²) in [6.45, 7) is 0.738. The first-order valence-corrected chi connectivity index (χ1v) is 7.32. The molecule has 0 saturated heterocycles. The van der Waals surface area contributed by atoms with E-state index in [2.05, 4.69) is 51.0 Å². The number of fused-ring (bicyclic) bond motifs is 1. The van der Waals surface area contributed by atoms with Crippen LogP contribution in [0, 0.1) is 11.3 Å². The molecule has 0 aliphatic carbocycles. The van der Waals surface area contributed by atoms with Crippen molar-refractivity contribution in [3.05, 3.63) is 64.3 Å². The molecule has 0 spiro atoms. The zero-order valence-corrected chi connectivity index (χ0v) is 13.1. The predicted octanol–water partition coefficient (Wildman–Crippen LogP) is 4.33. The van der Waals surface area contributed by atoms with E-state index in [0.717, 1.165) is 16.6 Å². The van der Waals surface area contributed by atoms with Crippen molar-refractivity contribution in [2.75, 3.05) is 7.11 Å². The number of hydrogen-bond donors (Lipinski definition) is 0. The fourth-order valence-electron chi connectivity index (χ4n) is 2.42. The highest BCUT2D eigenvalue weighted by Crippen LogP contribution is 2.24. The summed E-state index contributed by atoms with van der Waals surface area (Å²) in [4.78, 5) is 0. The fraction of sp³-hybridized carbons (Fsp3) is 0.118. The molecule has 3 rings (SSSR count). The van der Waals surface area contributed by atoms with Crippen LogP contribution in [0.1, 0.15) is 11.1 Å². The van der Waals surface area contributed by atoms with E-state index in [1.165, 1.54) is 10.9 Å². The van der Waals surface area contributed by atoms with Crippen LogP contribution in [0.15, 0.2) is 53.1 Å². The molecular formula is C17H13BrN2O. The van der Waals surface area contributed by atoms with Crippen LogP contribution >= 0.6 is 15.9 Å². The van der Waals surface area contributed by atoms with Crippen molar-refractivity contribution in [1.29, 1.82) is 5.26 Å². The molecule has 0 radical (unpaired) electrons. The van der Waals surface area contributed by atoms with E-state index in [9.17, 15) is 0 Å². The number of methoxy groups -OCH3 is 1. The summed E-state index contributed by atoms with van der Waals surface area (Å²) in [6, 6.07) is 16.2. The average Bonchev–Trinajstić information content (AvgIpc) is 2.89. The molecule has 1 heterocycles. The van der Waals surface area contributed by atoms with Gasteiger partial charge in [-0.1, -0.05) is 28.1 Å². The molecule has 3 aromatic rings. The van der Waals surface area contributed by atoms with Crippen molar-refractivity contribution in [2.45, 2.75) is 6.54 Å². The minimum absolute atomic E-state index is 0.557. The molecule has 2 aromatic carbocycles. The van der Waals surface area contributed by atoms with E-state index in [0.29, 0.717) is 11.3 Å². The van der Waals surface area contributed by atoms with Gasteiger partial charge in [0.05, 0.1) is 12.7 Å². The number of hydrogen-bond acceptors (Lipinski definition) is 2. The van der Waals surface area contributed by atoms with Crippen molar-refractivity contribution >= 4 is 26.8 Å². The van der Waals surface area contributed by atoms with Gasteiger partial charge in [-0.15, -0.1) is 0 Å². The lowest BCUT2D eigenvalue weighted by Gasteiger charge is -2.09. The van der Waals surface area contributed by atoms with Crippen molar-refractivity contribution in [3.63, 3.8) is 0 Å². The highest BCUT2D eigenvalue weighted by molar-refractivity contribution is 9.10. The highest BCUT2D eigenvalue weighted by Gasteiger charge is 2.06. The van der Waals surface area contributed by atoms with Crippen molar-refractivity contribution in [1.82, 2.24) is 4.57 Å². The Kier molecular flexibility index (Phi) is 3.68. The number of benzene rings is 2. The summed E-state index contributed by atoms with van der Waals surface area (Å²) in [6.07, 6.45) is 2.07. The van der Waals surface area contributed by atoms with Gasteiger partial charge in [-0.05, 0) is 41.3 Å². The van der Waals surface area contributed by atoms with E-state index < -0.39 is 0 Å². The van der Waals surface area contributed by atoms with Gasteiger partial charge in [0.15, 0.2) is 0 Å². The van der Waals surface area contributed by atoms with E-state index in [1.54, 1.807) is 13.2 Å². The van der Waals surface area contributed by atoms with Gasteiger partial charge < -0.3 is 9.30 Å². The molecule has 0 N–H and O–H groups in total. The zero-order chi connectivity index (χ0) is 14.8. The monoisotopic (exact) mass is 340 g/mol. The van der Waals surface area contributed by atoms with Crippen LogP contribution in [0.3, 0.4) is 0 Å². The van der Waals surface area contributed by atoms with Crippen LogP contribution in [-0.2, 0) is 6.54 Å². The second kappa shape index (κ2) is 5.63. The topological polar surface area (TPSA) is 38.0 Å². The molecule has 3 nitrogen and oxygen atoms in total. The first-order chi connectivity index (χ1) is 10.2. The van der Waals surface area contributed by atoms with Gasteiger partial charge in [0.1, 0.15) is 11.8 Å². The quantitative estimate of drug-likeness (QED) is 0.711. The molecule has 4 heteroatoms. The van der Waals surface area contributed by atoms with Gasteiger partial charge in [0.25, 0.3) is 0 Å². The minimum Gasteiger partial charge on any atom is -0.495 e. The van der Waals surface area contributed by atoms with Crippen LogP contribution in [0.2, 0.25) is 0 Å². The first-order valence-electron chi connectivity index (χ1n) is 6.52. The molecule has 0 aliphatic rings. The van der Waals surface area contributed by atoms with E-state index >= 15 is 0 Å². The van der Waals surface area contributed by atoms with Gasteiger partial charge >= 0.3 is 0 Å². The van der Waals surface area contributed by atoms with Crippen LogP contribution in [0.4, 0.5) is 0 Å². The lowest BCUT2D eigenvalue weighted by atomic mass is 10.1.